The van der Waals surface area contributed by atoms with Gasteiger partial charge in [-0.3, -0.25) is 15.0 Å². The summed E-state index contributed by atoms with van der Waals surface area (Å²) in [6.45, 7) is 5.63. The molecule has 0 radical (unpaired) electrons. The van der Waals surface area contributed by atoms with E-state index in [0.717, 1.165) is 10.6 Å². The van der Waals surface area contributed by atoms with E-state index in [-0.39, 0.29) is 12.5 Å². The van der Waals surface area contributed by atoms with E-state index < -0.39 is 0 Å². The summed E-state index contributed by atoms with van der Waals surface area (Å²) < 4.78 is 0. The Morgan fingerprint density at radius 3 is 2.88 bits per heavy atom. The molecule has 7 heteroatoms. The van der Waals surface area contributed by atoms with Crippen LogP contribution in [0.15, 0.2) is 24.3 Å². The Labute approximate surface area is 151 Å². The summed E-state index contributed by atoms with van der Waals surface area (Å²) in [5.74, 6) is 0.374. The number of carbonyl (C=O) groups is 1. The lowest BCUT2D eigenvalue weighted by atomic mass is 10.1. The Hall–Kier alpha value is -1.83. The molecule has 6 nitrogen and oxygen atoms in total. The molecular formula is C18H24N4O2S. The Balaban J connectivity index is 1.65. The Kier molecular flexibility index (Phi) is 5.78. The number of rotatable bonds is 8. The zero-order chi connectivity index (χ0) is 17.8. The molecule has 0 atom stereocenters. The van der Waals surface area contributed by atoms with Crippen molar-refractivity contribution in [3.8, 4) is 0 Å². The molecule has 1 aromatic heterocycles. The number of carbonyl (C=O) groups excluding carboxylic acids is 1. The molecule has 0 spiro atoms. The van der Waals surface area contributed by atoms with Gasteiger partial charge in [-0.15, -0.1) is 10.2 Å². The molecule has 2 N–H and O–H groups in total. The van der Waals surface area contributed by atoms with Gasteiger partial charge in [-0.2, -0.15) is 0 Å². The standard InChI is InChI=1S/C18H24N4O2S/c1-12(2)22(8-9-23)11-13-4-3-5-15(10-13)16(24)19-18-21-20-17(25-18)14-6-7-14/h3-5,10,12,14,23H,6-9,11H2,1-2H3,(H,19,21,24). The molecule has 1 amide bonds. The fraction of sp³-hybridized carbons (Fsp3) is 0.500. The average molecular weight is 360 g/mol. The van der Waals surface area contributed by atoms with Crippen LogP contribution in [0.2, 0.25) is 0 Å². The Morgan fingerprint density at radius 2 is 2.20 bits per heavy atom. The normalized spacial score (nSPS) is 14.3. The summed E-state index contributed by atoms with van der Waals surface area (Å²) >= 11 is 1.46. The number of hydrogen-bond acceptors (Lipinski definition) is 6. The van der Waals surface area contributed by atoms with E-state index in [0.29, 0.717) is 35.7 Å². The van der Waals surface area contributed by atoms with Crippen molar-refractivity contribution < 1.29 is 9.90 Å². The van der Waals surface area contributed by atoms with Crippen LogP contribution in [0.4, 0.5) is 5.13 Å². The summed E-state index contributed by atoms with van der Waals surface area (Å²) in [5.41, 5.74) is 1.65. The molecule has 0 unspecified atom stereocenters. The van der Waals surface area contributed by atoms with Gasteiger partial charge in [-0.05, 0) is 44.4 Å². The molecule has 1 saturated carbocycles. The number of aliphatic hydroxyl groups is 1. The first-order valence-corrected chi connectivity index (χ1v) is 9.47. The van der Waals surface area contributed by atoms with Gasteiger partial charge >= 0.3 is 0 Å². The summed E-state index contributed by atoms with van der Waals surface area (Å²) in [6, 6.07) is 7.90. The lowest BCUT2D eigenvalue weighted by Gasteiger charge is -2.25. The quantitative estimate of drug-likeness (QED) is 0.757. The maximum absolute atomic E-state index is 12.5. The molecule has 1 aliphatic carbocycles. The molecule has 2 aromatic rings. The van der Waals surface area contributed by atoms with Crippen LogP contribution < -0.4 is 5.32 Å². The second kappa shape index (κ2) is 8.03. The van der Waals surface area contributed by atoms with Gasteiger partial charge in [0.25, 0.3) is 5.91 Å². The predicted molar refractivity (Wildman–Crippen MR) is 98.9 cm³/mol. The molecule has 1 heterocycles. The van der Waals surface area contributed by atoms with Crippen LogP contribution in [0.1, 0.15) is 53.5 Å². The number of anilines is 1. The van der Waals surface area contributed by atoms with Gasteiger partial charge in [0, 0.05) is 30.6 Å². The topological polar surface area (TPSA) is 78.4 Å². The molecule has 0 saturated heterocycles. The van der Waals surface area contributed by atoms with E-state index in [1.165, 1.54) is 24.2 Å². The van der Waals surface area contributed by atoms with Crippen molar-refractivity contribution in [2.24, 2.45) is 0 Å². The molecule has 3 rings (SSSR count). The summed E-state index contributed by atoms with van der Waals surface area (Å²) in [4.78, 5) is 14.7. The number of nitrogens with zero attached hydrogens (tertiary/aromatic N) is 3. The van der Waals surface area contributed by atoms with Gasteiger partial charge in [0.05, 0.1) is 6.61 Å². The molecule has 25 heavy (non-hydrogen) atoms. The molecule has 1 aromatic carbocycles. The van der Waals surface area contributed by atoms with Crippen molar-refractivity contribution in [1.29, 1.82) is 0 Å². The van der Waals surface area contributed by atoms with Crippen LogP contribution in [0.5, 0.6) is 0 Å². The van der Waals surface area contributed by atoms with E-state index in [1.54, 1.807) is 6.07 Å². The largest absolute Gasteiger partial charge is 0.395 e. The van der Waals surface area contributed by atoms with Crippen molar-refractivity contribution in [1.82, 2.24) is 15.1 Å². The lowest BCUT2D eigenvalue weighted by Crippen LogP contribution is -2.32. The van der Waals surface area contributed by atoms with Crippen LogP contribution in [0.3, 0.4) is 0 Å². The summed E-state index contributed by atoms with van der Waals surface area (Å²) in [5, 5.41) is 21.8. The van der Waals surface area contributed by atoms with Crippen LogP contribution in [-0.4, -0.2) is 45.3 Å². The highest BCUT2D eigenvalue weighted by Crippen LogP contribution is 2.42. The third-order valence-electron chi connectivity index (χ3n) is 4.28. The Bertz CT molecular complexity index is 727. The summed E-state index contributed by atoms with van der Waals surface area (Å²) in [7, 11) is 0. The van der Waals surface area contributed by atoms with Gasteiger partial charge in [0.15, 0.2) is 0 Å². The number of benzene rings is 1. The zero-order valence-corrected chi connectivity index (χ0v) is 15.4. The molecule has 0 aliphatic heterocycles. The monoisotopic (exact) mass is 360 g/mol. The van der Waals surface area contributed by atoms with Gasteiger partial charge in [0.2, 0.25) is 5.13 Å². The summed E-state index contributed by atoms with van der Waals surface area (Å²) in [6.07, 6.45) is 2.34. The van der Waals surface area contributed by atoms with Gasteiger partial charge in [-0.25, -0.2) is 0 Å². The lowest BCUT2D eigenvalue weighted by molar-refractivity contribution is 0.102. The van der Waals surface area contributed by atoms with E-state index in [9.17, 15) is 9.90 Å². The third-order valence-corrected chi connectivity index (χ3v) is 5.28. The second-order valence-corrected chi connectivity index (χ2v) is 7.67. The first-order chi connectivity index (χ1) is 12.1. The molecular weight excluding hydrogens is 336 g/mol. The van der Waals surface area contributed by atoms with Gasteiger partial charge in [0.1, 0.15) is 5.01 Å². The van der Waals surface area contributed by atoms with Crippen molar-refractivity contribution >= 4 is 22.4 Å². The number of hydrogen-bond donors (Lipinski definition) is 2. The molecule has 1 fully saturated rings. The third kappa shape index (κ3) is 4.84. The van der Waals surface area contributed by atoms with Crippen LogP contribution in [0.25, 0.3) is 0 Å². The second-order valence-electron chi connectivity index (χ2n) is 6.66. The van der Waals surface area contributed by atoms with E-state index in [2.05, 4.69) is 34.3 Å². The fourth-order valence-electron chi connectivity index (χ4n) is 2.64. The highest BCUT2D eigenvalue weighted by molar-refractivity contribution is 7.15. The highest BCUT2D eigenvalue weighted by Gasteiger charge is 2.27. The molecule has 1 aliphatic rings. The zero-order valence-electron chi connectivity index (χ0n) is 14.6. The van der Waals surface area contributed by atoms with Crippen molar-refractivity contribution in [3.05, 3.63) is 40.4 Å². The van der Waals surface area contributed by atoms with Crippen LogP contribution in [-0.2, 0) is 6.54 Å². The van der Waals surface area contributed by atoms with E-state index >= 15 is 0 Å². The minimum absolute atomic E-state index is 0.124. The first kappa shape index (κ1) is 18.0. The van der Waals surface area contributed by atoms with Crippen molar-refractivity contribution in [3.63, 3.8) is 0 Å². The van der Waals surface area contributed by atoms with Gasteiger partial charge < -0.3 is 5.11 Å². The number of aliphatic hydroxyl groups excluding tert-OH is 1. The number of nitrogens with one attached hydrogen (secondary N) is 1. The van der Waals surface area contributed by atoms with E-state index in [1.807, 2.05) is 18.2 Å². The first-order valence-electron chi connectivity index (χ1n) is 8.65. The fourth-order valence-corrected chi connectivity index (χ4v) is 3.55. The maximum Gasteiger partial charge on any atom is 0.257 e. The predicted octanol–water partition coefficient (Wildman–Crippen LogP) is 2.87. The molecule has 134 valence electrons. The smallest absolute Gasteiger partial charge is 0.257 e. The minimum Gasteiger partial charge on any atom is -0.395 e. The number of amides is 1. The average Bonchev–Trinajstić information content (AvgIpc) is 3.34. The van der Waals surface area contributed by atoms with E-state index in [4.69, 9.17) is 0 Å². The Morgan fingerprint density at radius 1 is 1.40 bits per heavy atom. The number of aromatic nitrogens is 2. The van der Waals surface area contributed by atoms with Crippen molar-refractivity contribution in [2.75, 3.05) is 18.5 Å². The maximum atomic E-state index is 12.5. The molecule has 0 bridgehead atoms. The highest BCUT2D eigenvalue weighted by atomic mass is 32.1. The SMILES string of the molecule is CC(C)N(CCO)Cc1cccc(C(=O)Nc2nnc(C3CC3)s2)c1. The van der Waals surface area contributed by atoms with Crippen LogP contribution >= 0.6 is 11.3 Å². The minimum atomic E-state index is -0.168. The van der Waals surface area contributed by atoms with Crippen molar-refractivity contribution in [2.45, 2.75) is 45.2 Å². The van der Waals surface area contributed by atoms with Crippen LogP contribution in [0, 0.1) is 0 Å². The van der Waals surface area contributed by atoms with Gasteiger partial charge in [-0.1, -0.05) is 23.5 Å².